The molecule has 3 heteroatoms. The molecule has 0 bridgehead atoms. The zero-order chi connectivity index (χ0) is 18.4. The van der Waals surface area contributed by atoms with Crippen LogP contribution in [0.5, 0.6) is 0 Å². The van der Waals surface area contributed by atoms with Gasteiger partial charge in [0.2, 0.25) is 5.91 Å². The first-order valence-corrected chi connectivity index (χ1v) is 8.66. The SMILES string of the molecule is CC(C(=O)NCc1ccccc1)c1cccc(C(=O)c2ccccc2)c1. The van der Waals surface area contributed by atoms with E-state index in [0.717, 1.165) is 11.1 Å². The minimum Gasteiger partial charge on any atom is -0.352 e. The van der Waals surface area contributed by atoms with Gasteiger partial charge in [0, 0.05) is 17.7 Å². The van der Waals surface area contributed by atoms with Gasteiger partial charge in [-0.15, -0.1) is 0 Å². The highest BCUT2D eigenvalue weighted by molar-refractivity contribution is 6.09. The Morgan fingerprint density at radius 2 is 1.42 bits per heavy atom. The summed E-state index contributed by atoms with van der Waals surface area (Å²) in [6.07, 6.45) is 0. The molecule has 3 rings (SSSR count). The molecule has 0 saturated carbocycles. The first kappa shape index (κ1) is 17.6. The predicted octanol–water partition coefficient (Wildman–Crippen LogP) is 4.34. The summed E-state index contributed by atoms with van der Waals surface area (Å²) in [5.74, 6) is -0.426. The smallest absolute Gasteiger partial charge is 0.227 e. The van der Waals surface area contributed by atoms with Gasteiger partial charge in [0.05, 0.1) is 5.92 Å². The monoisotopic (exact) mass is 343 g/mol. The molecule has 0 fully saturated rings. The molecule has 0 aliphatic rings. The van der Waals surface area contributed by atoms with Crippen LogP contribution in [0.4, 0.5) is 0 Å². The molecule has 1 atom stereocenters. The molecule has 26 heavy (non-hydrogen) atoms. The number of nitrogens with one attached hydrogen (secondary N) is 1. The molecule has 3 nitrogen and oxygen atoms in total. The molecule has 1 amide bonds. The fourth-order valence-corrected chi connectivity index (χ4v) is 2.79. The summed E-state index contributed by atoms with van der Waals surface area (Å²) in [5.41, 5.74) is 3.13. The van der Waals surface area contributed by atoms with E-state index in [-0.39, 0.29) is 17.6 Å². The zero-order valence-corrected chi connectivity index (χ0v) is 14.7. The Balaban J connectivity index is 1.70. The van der Waals surface area contributed by atoms with Gasteiger partial charge >= 0.3 is 0 Å². The standard InChI is InChI=1S/C23H21NO2/c1-17(23(26)24-16-18-9-4-2-5-10-18)20-13-8-14-21(15-20)22(25)19-11-6-3-7-12-19/h2-15,17H,16H2,1H3,(H,24,26). The van der Waals surface area contributed by atoms with Crippen LogP contribution in [0.1, 0.15) is 39.9 Å². The molecular formula is C23H21NO2. The summed E-state index contributed by atoms with van der Waals surface area (Å²) in [6, 6.07) is 26.3. The van der Waals surface area contributed by atoms with Crippen LogP contribution in [-0.2, 0) is 11.3 Å². The lowest BCUT2D eigenvalue weighted by molar-refractivity contribution is -0.122. The van der Waals surface area contributed by atoms with Gasteiger partial charge in [-0.05, 0) is 24.1 Å². The highest BCUT2D eigenvalue weighted by Crippen LogP contribution is 2.19. The molecule has 130 valence electrons. The predicted molar refractivity (Wildman–Crippen MR) is 103 cm³/mol. The summed E-state index contributed by atoms with van der Waals surface area (Å²) in [6.45, 7) is 2.35. The van der Waals surface area contributed by atoms with Gasteiger partial charge in [-0.3, -0.25) is 9.59 Å². The van der Waals surface area contributed by atoms with E-state index in [9.17, 15) is 9.59 Å². The van der Waals surface area contributed by atoms with Crippen LogP contribution in [0, 0.1) is 0 Å². The molecule has 0 radical (unpaired) electrons. The number of ketones is 1. The van der Waals surface area contributed by atoms with Gasteiger partial charge in [0.25, 0.3) is 0 Å². The van der Waals surface area contributed by atoms with Crippen LogP contribution in [0.15, 0.2) is 84.9 Å². The zero-order valence-electron chi connectivity index (χ0n) is 14.7. The highest BCUT2D eigenvalue weighted by atomic mass is 16.1. The molecule has 0 saturated heterocycles. The van der Waals surface area contributed by atoms with Gasteiger partial charge in [-0.25, -0.2) is 0 Å². The number of benzene rings is 3. The Bertz CT molecular complexity index is 888. The van der Waals surface area contributed by atoms with Crippen molar-refractivity contribution in [3.05, 3.63) is 107 Å². The number of hydrogen-bond donors (Lipinski definition) is 1. The van der Waals surface area contributed by atoms with Crippen LogP contribution < -0.4 is 5.32 Å². The average molecular weight is 343 g/mol. The van der Waals surface area contributed by atoms with Gasteiger partial charge in [0.15, 0.2) is 5.78 Å². The van der Waals surface area contributed by atoms with E-state index in [1.54, 1.807) is 18.2 Å². The van der Waals surface area contributed by atoms with Crippen molar-refractivity contribution in [2.45, 2.75) is 19.4 Å². The number of carbonyl (C=O) groups excluding carboxylic acids is 2. The van der Waals surface area contributed by atoms with Crippen molar-refractivity contribution in [1.82, 2.24) is 5.32 Å². The second-order valence-electron chi connectivity index (χ2n) is 6.25. The van der Waals surface area contributed by atoms with Crippen molar-refractivity contribution in [1.29, 1.82) is 0 Å². The lowest BCUT2D eigenvalue weighted by Crippen LogP contribution is -2.27. The molecule has 0 spiro atoms. The van der Waals surface area contributed by atoms with Crippen LogP contribution >= 0.6 is 0 Å². The molecule has 0 heterocycles. The van der Waals surface area contributed by atoms with Crippen LogP contribution in [-0.4, -0.2) is 11.7 Å². The largest absolute Gasteiger partial charge is 0.352 e. The summed E-state index contributed by atoms with van der Waals surface area (Å²) in [7, 11) is 0. The van der Waals surface area contributed by atoms with E-state index in [2.05, 4.69) is 5.32 Å². The third-order valence-corrected chi connectivity index (χ3v) is 4.39. The van der Waals surface area contributed by atoms with Gasteiger partial charge in [0.1, 0.15) is 0 Å². The Kier molecular flexibility index (Phi) is 5.59. The summed E-state index contributed by atoms with van der Waals surface area (Å²) >= 11 is 0. The fraction of sp³-hybridized carbons (Fsp3) is 0.130. The average Bonchev–Trinajstić information content (AvgIpc) is 2.72. The Hall–Kier alpha value is -3.20. The molecule has 1 unspecified atom stereocenters. The first-order valence-electron chi connectivity index (χ1n) is 8.66. The fourth-order valence-electron chi connectivity index (χ4n) is 2.79. The van der Waals surface area contributed by atoms with Crippen LogP contribution in [0.2, 0.25) is 0 Å². The number of rotatable bonds is 6. The summed E-state index contributed by atoms with van der Waals surface area (Å²) in [4.78, 5) is 25.1. The number of carbonyl (C=O) groups is 2. The lowest BCUT2D eigenvalue weighted by atomic mass is 9.95. The van der Waals surface area contributed by atoms with Crippen molar-refractivity contribution in [3.63, 3.8) is 0 Å². The van der Waals surface area contributed by atoms with Crippen molar-refractivity contribution in [2.24, 2.45) is 0 Å². The quantitative estimate of drug-likeness (QED) is 0.677. The molecule has 3 aromatic carbocycles. The third-order valence-electron chi connectivity index (χ3n) is 4.39. The van der Waals surface area contributed by atoms with E-state index in [1.165, 1.54) is 0 Å². The van der Waals surface area contributed by atoms with Crippen molar-refractivity contribution < 1.29 is 9.59 Å². The second-order valence-corrected chi connectivity index (χ2v) is 6.25. The first-order chi connectivity index (χ1) is 12.6. The molecule has 0 aliphatic carbocycles. The number of amides is 1. The Morgan fingerprint density at radius 1 is 0.808 bits per heavy atom. The van der Waals surface area contributed by atoms with E-state index in [4.69, 9.17) is 0 Å². The summed E-state index contributed by atoms with van der Waals surface area (Å²) < 4.78 is 0. The second kappa shape index (κ2) is 8.26. The van der Waals surface area contributed by atoms with Crippen molar-refractivity contribution >= 4 is 11.7 Å². The third kappa shape index (κ3) is 4.25. The van der Waals surface area contributed by atoms with Crippen LogP contribution in [0.3, 0.4) is 0 Å². The maximum absolute atomic E-state index is 12.6. The Labute approximate surface area is 153 Å². The maximum Gasteiger partial charge on any atom is 0.227 e. The molecular weight excluding hydrogens is 322 g/mol. The molecule has 0 aliphatic heterocycles. The molecule has 1 N–H and O–H groups in total. The highest BCUT2D eigenvalue weighted by Gasteiger charge is 2.17. The van der Waals surface area contributed by atoms with E-state index < -0.39 is 0 Å². The Morgan fingerprint density at radius 3 is 2.12 bits per heavy atom. The minimum absolute atomic E-state index is 0.0376. The van der Waals surface area contributed by atoms with Crippen molar-refractivity contribution in [3.8, 4) is 0 Å². The maximum atomic E-state index is 12.6. The summed E-state index contributed by atoms with van der Waals surface area (Å²) in [5, 5.41) is 2.95. The van der Waals surface area contributed by atoms with Gasteiger partial charge in [-0.2, -0.15) is 0 Å². The molecule has 0 aromatic heterocycles. The van der Waals surface area contributed by atoms with E-state index in [1.807, 2.05) is 73.7 Å². The number of hydrogen-bond acceptors (Lipinski definition) is 2. The van der Waals surface area contributed by atoms with Gasteiger partial charge in [-0.1, -0.05) is 78.9 Å². The topological polar surface area (TPSA) is 46.2 Å². The van der Waals surface area contributed by atoms with Crippen molar-refractivity contribution in [2.75, 3.05) is 0 Å². The lowest BCUT2D eigenvalue weighted by Gasteiger charge is -2.14. The van der Waals surface area contributed by atoms with Crippen LogP contribution in [0.25, 0.3) is 0 Å². The van der Waals surface area contributed by atoms with E-state index in [0.29, 0.717) is 17.7 Å². The van der Waals surface area contributed by atoms with Gasteiger partial charge < -0.3 is 5.32 Å². The minimum atomic E-state index is -0.331. The normalized spacial score (nSPS) is 11.6. The van der Waals surface area contributed by atoms with E-state index >= 15 is 0 Å². The molecule has 3 aromatic rings.